The Labute approximate surface area is 85.7 Å². The van der Waals surface area contributed by atoms with Gasteiger partial charge in [0.2, 0.25) is 0 Å². The summed E-state index contributed by atoms with van der Waals surface area (Å²) in [6.07, 6.45) is 1.50. The molecule has 0 amide bonds. The first kappa shape index (κ1) is 10.9. The zero-order valence-electron chi connectivity index (χ0n) is 7.89. The molecule has 1 aliphatic rings. The van der Waals surface area contributed by atoms with Crippen LogP contribution in [0, 0.1) is 0 Å². The lowest BCUT2D eigenvalue weighted by Crippen LogP contribution is -2.40. The molecule has 0 aromatic rings. The molecular weight excluding hydrogens is 206 g/mol. The van der Waals surface area contributed by atoms with Gasteiger partial charge in [0.05, 0.1) is 7.11 Å². The van der Waals surface area contributed by atoms with Crippen molar-refractivity contribution >= 4 is 23.7 Å². The summed E-state index contributed by atoms with van der Waals surface area (Å²) in [4.78, 5) is 23.8. The molecule has 0 saturated carbocycles. The lowest BCUT2D eigenvalue weighted by molar-refractivity contribution is -0.141. The molecule has 6 heteroatoms. The predicted molar refractivity (Wildman–Crippen MR) is 51.7 cm³/mol. The number of hydrogen-bond donors (Lipinski definition) is 1. The maximum Gasteiger partial charge on any atom is 0.345 e. The highest BCUT2D eigenvalue weighted by atomic mass is 32.2. The highest BCUT2D eigenvalue weighted by Crippen LogP contribution is 2.25. The van der Waals surface area contributed by atoms with Crippen LogP contribution in [0.1, 0.15) is 0 Å². The lowest BCUT2D eigenvalue weighted by Gasteiger charge is -2.27. The molecule has 0 radical (unpaired) electrons. The van der Waals surface area contributed by atoms with Gasteiger partial charge < -0.3 is 14.7 Å². The molecule has 1 atom stereocenters. The molecule has 1 rings (SSSR count). The molecule has 0 aromatic heterocycles. The van der Waals surface area contributed by atoms with Crippen molar-refractivity contribution in [2.45, 2.75) is 6.04 Å². The van der Waals surface area contributed by atoms with E-state index in [1.54, 1.807) is 7.05 Å². The average Bonchev–Trinajstić information content (AvgIpc) is 2.15. The molecule has 1 N–H and O–H groups in total. The third-order valence-corrected chi connectivity index (χ3v) is 2.95. The van der Waals surface area contributed by atoms with E-state index in [9.17, 15) is 9.59 Å². The molecule has 0 spiro atoms. The van der Waals surface area contributed by atoms with E-state index < -0.39 is 18.0 Å². The third-order valence-electron chi connectivity index (χ3n) is 1.88. The van der Waals surface area contributed by atoms with Gasteiger partial charge in [0.25, 0.3) is 0 Å². The minimum absolute atomic E-state index is 0.354. The van der Waals surface area contributed by atoms with E-state index in [0.717, 1.165) is 0 Å². The van der Waals surface area contributed by atoms with Gasteiger partial charge in [-0.25, -0.2) is 9.59 Å². The molecule has 0 unspecified atom stereocenters. The van der Waals surface area contributed by atoms with Crippen LogP contribution >= 0.6 is 11.8 Å². The summed E-state index contributed by atoms with van der Waals surface area (Å²) < 4.78 is 4.53. The van der Waals surface area contributed by atoms with Gasteiger partial charge in [0, 0.05) is 19.0 Å². The van der Waals surface area contributed by atoms with Crippen LogP contribution in [0.25, 0.3) is 0 Å². The smallest absolute Gasteiger partial charge is 0.345 e. The van der Waals surface area contributed by atoms with E-state index in [1.807, 2.05) is 0 Å². The number of ether oxygens (including phenoxy) is 1. The number of carboxylic acid groups (broad SMARTS) is 1. The Balaban J connectivity index is 2.75. The third kappa shape index (κ3) is 2.20. The molecule has 78 valence electrons. The van der Waals surface area contributed by atoms with Crippen molar-refractivity contribution in [1.29, 1.82) is 0 Å². The molecule has 0 bridgehead atoms. The molecule has 1 heterocycles. The number of likely N-dealkylation sites (N-methyl/N-ethyl adjacent to an activating group) is 1. The highest BCUT2D eigenvalue weighted by molar-refractivity contribution is 8.04. The summed E-state index contributed by atoms with van der Waals surface area (Å²) in [6.45, 7) is 0. The number of hydrogen-bond acceptors (Lipinski definition) is 5. The van der Waals surface area contributed by atoms with Gasteiger partial charge in [0.1, 0.15) is 10.9 Å². The summed E-state index contributed by atoms with van der Waals surface area (Å²) in [7, 11) is 2.93. The minimum Gasteiger partial charge on any atom is -0.480 e. The zero-order valence-corrected chi connectivity index (χ0v) is 8.71. The van der Waals surface area contributed by atoms with Gasteiger partial charge in [-0.1, -0.05) is 0 Å². The number of thioether (sulfide) groups is 1. The predicted octanol–water partition coefficient (Wildman–Crippen LogP) is 0.133. The summed E-state index contributed by atoms with van der Waals surface area (Å²) in [5.74, 6) is -0.960. The first-order valence-corrected chi connectivity index (χ1v) is 4.92. The van der Waals surface area contributed by atoms with Gasteiger partial charge >= 0.3 is 11.9 Å². The maximum atomic E-state index is 11.1. The molecular formula is C8H11NO4S. The SMILES string of the molecule is COC(=O)C1=CN(C)[C@H](C(=O)O)CS1. The first-order valence-electron chi connectivity index (χ1n) is 3.94. The van der Waals surface area contributed by atoms with Gasteiger partial charge in [-0.05, 0) is 0 Å². The summed E-state index contributed by atoms with van der Waals surface area (Å²) in [5.41, 5.74) is 0. The molecule has 0 fully saturated rings. The van der Waals surface area contributed by atoms with Gasteiger partial charge in [-0.2, -0.15) is 0 Å². The topological polar surface area (TPSA) is 66.8 Å². The van der Waals surface area contributed by atoms with Crippen LogP contribution in [0.4, 0.5) is 0 Å². The zero-order chi connectivity index (χ0) is 10.7. The highest BCUT2D eigenvalue weighted by Gasteiger charge is 2.28. The number of carbonyl (C=O) groups excluding carboxylic acids is 1. The number of esters is 1. The van der Waals surface area contributed by atoms with Gasteiger partial charge in [0.15, 0.2) is 0 Å². The van der Waals surface area contributed by atoms with Crippen LogP contribution < -0.4 is 0 Å². The van der Waals surface area contributed by atoms with Crippen LogP contribution in [0.15, 0.2) is 11.1 Å². The van der Waals surface area contributed by atoms with Gasteiger partial charge in [-0.3, -0.25) is 0 Å². The van der Waals surface area contributed by atoms with Crippen LogP contribution in [-0.4, -0.2) is 47.9 Å². The van der Waals surface area contributed by atoms with Crippen molar-refractivity contribution in [1.82, 2.24) is 4.90 Å². The molecule has 0 aliphatic carbocycles. The van der Waals surface area contributed by atoms with Gasteiger partial charge in [-0.15, -0.1) is 11.8 Å². The van der Waals surface area contributed by atoms with E-state index in [2.05, 4.69) is 4.74 Å². The Hall–Kier alpha value is -1.17. The largest absolute Gasteiger partial charge is 0.480 e. The number of methoxy groups -OCH3 is 1. The van der Waals surface area contributed by atoms with Crippen molar-refractivity contribution in [2.75, 3.05) is 19.9 Å². The fourth-order valence-corrected chi connectivity index (χ4v) is 2.21. The van der Waals surface area contributed by atoms with E-state index in [1.165, 1.54) is 30.0 Å². The van der Waals surface area contributed by atoms with E-state index >= 15 is 0 Å². The first-order chi connectivity index (χ1) is 6.56. The fraction of sp³-hybridized carbons (Fsp3) is 0.500. The average molecular weight is 217 g/mol. The monoisotopic (exact) mass is 217 g/mol. The number of aliphatic carboxylic acids is 1. The van der Waals surface area contributed by atoms with E-state index in [0.29, 0.717) is 10.7 Å². The number of nitrogens with zero attached hydrogens (tertiary/aromatic N) is 1. The molecule has 14 heavy (non-hydrogen) atoms. The van der Waals surface area contributed by atoms with E-state index in [4.69, 9.17) is 5.11 Å². The summed E-state index contributed by atoms with van der Waals surface area (Å²) in [6, 6.07) is -0.576. The van der Waals surface area contributed by atoms with Crippen LogP contribution in [-0.2, 0) is 14.3 Å². The Morgan fingerprint density at radius 2 is 2.36 bits per heavy atom. The van der Waals surface area contributed by atoms with Crippen molar-refractivity contribution in [3.05, 3.63) is 11.1 Å². The molecule has 0 aromatic carbocycles. The van der Waals surface area contributed by atoms with Crippen molar-refractivity contribution in [3.63, 3.8) is 0 Å². The minimum atomic E-state index is -0.889. The Bertz CT molecular complexity index is 289. The second-order valence-electron chi connectivity index (χ2n) is 2.82. The Morgan fingerprint density at radius 3 is 2.79 bits per heavy atom. The molecule has 5 nitrogen and oxygen atoms in total. The van der Waals surface area contributed by atoms with Crippen molar-refractivity contribution < 1.29 is 19.4 Å². The Kier molecular flexibility index (Phi) is 3.40. The number of rotatable bonds is 2. The van der Waals surface area contributed by atoms with Crippen LogP contribution in [0.5, 0.6) is 0 Å². The van der Waals surface area contributed by atoms with Crippen molar-refractivity contribution in [2.24, 2.45) is 0 Å². The van der Waals surface area contributed by atoms with Crippen LogP contribution in [0.2, 0.25) is 0 Å². The summed E-state index contributed by atoms with van der Waals surface area (Å²) in [5, 5.41) is 8.79. The number of carbonyl (C=O) groups is 2. The Morgan fingerprint density at radius 1 is 1.71 bits per heavy atom. The number of carboxylic acids is 1. The van der Waals surface area contributed by atoms with E-state index in [-0.39, 0.29) is 0 Å². The van der Waals surface area contributed by atoms with Crippen molar-refractivity contribution in [3.8, 4) is 0 Å². The second-order valence-corrected chi connectivity index (χ2v) is 3.88. The quantitative estimate of drug-likeness (QED) is 0.663. The normalized spacial score (nSPS) is 21.4. The molecule has 0 saturated heterocycles. The van der Waals surface area contributed by atoms with Crippen LogP contribution in [0.3, 0.4) is 0 Å². The lowest BCUT2D eigenvalue weighted by atomic mass is 10.3. The molecule has 1 aliphatic heterocycles. The fourth-order valence-electron chi connectivity index (χ4n) is 1.06. The maximum absolute atomic E-state index is 11.1. The summed E-state index contributed by atoms with van der Waals surface area (Å²) >= 11 is 1.20. The second kappa shape index (κ2) is 4.36. The standard InChI is InChI=1S/C8H11NO4S/c1-9-3-6(8(12)13-2)14-4-5(9)7(10)11/h3,5H,4H2,1-2H3,(H,10,11)/t5-/m0/s1.